The Balaban J connectivity index is 1.24. The van der Waals surface area contributed by atoms with Gasteiger partial charge >= 0.3 is 0 Å². The zero-order valence-corrected chi connectivity index (χ0v) is 22.1. The van der Waals surface area contributed by atoms with Crippen LogP contribution in [0.3, 0.4) is 0 Å². The van der Waals surface area contributed by atoms with Crippen molar-refractivity contribution in [1.82, 2.24) is 25.1 Å². The monoisotopic (exact) mass is 541 g/mol. The first-order chi connectivity index (χ1) is 20.1. The first-order valence-electron chi connectivity index (χ1n) is 13.1. The molecular formula is C33H24FN5O2. The van der Waals surface area contributed by atoms with Crippen molar-refractivity contribution in [3.63, 3.8) is 0 Å². The Kier molecular flexibility index (Phi) is 6.13. The zero-order valence-electron chi connectivity index (χ0n) is 22.1. The average Bonchev–Trinajstić information content (AvgIpc) is 3.64. The SMILES string of the molecule is COc1cc(F)cc(-c2cccc3[nH]c(-c4[nH]nc5ncc(-c6cncc(OCc7ccccc7)c6)cc45)cc23)c1. The summed E-state index contributed by atoms with van der Waals surface area (Å²) >= 11 is 0. The fraction of sp³-hybridized carbons (Fsp3) is 0.0606. The van der Waals surface area contributed by atoms with Crippen molar-refractivity contribution in [3.05, 3.63) is 115 Å². The van der Waals surface area contributed by atoms with E-state index in [1.807, 2.05) is 72.8 Å². The number of halogens is 1. The number of pyridine rings is 2. The number of ether oxygens (including phenoxy) is 2. The fourth-order valence-electron chi connectivity index (χ4n) is 5.04. The number of methoxy groups -OCH3 is 1. The number of benzene rings is 3. The second kappa shape index (κ2) is 10.2. The topological polar surface area (TPSA) is 88.7 Å². The summed E-state index contributed by atoms with van der Waals surface area (Å²) in [6.07, 6.45) is 5.28. The normalized spacial score (nSPS) is 11.3. The van der Waals surface area contributed by atoms with Gasteiger partial charge in [-0.2, -0.15) is 5.10 Å². The molecule has 0 saturated heterocycles. The Morgan fingerprint density at radius 1 is 0.780 bits per heavy atom. The quantitative estimate of drug-likeness (QED) is 0.217. The maximum atomic E-state index is 14.3. The number of hydrogen-bond acceptors (Lipinski definition) is 5. The lowest BCUT2D eigenvalue weighted by Crippen LogP contribution is -1.96. The minimum Gasteiger partial charge on any atom is -0.497 e. The fourth-order valence-corrected chi connectivity index (χ4v) is 5.04. The van der Waals surface area contributed by atoms with E-state index in [-0.39, 0.29) is 5.82 Å². The Bertz CT molecular complexity index is 2020. The van der Waals surface area contributed by atoms with Crippen LogP contribution in [-0.4, -0.2) is 32.3 Å². The van der Waals surface area contributed by atoms with Crippen LogP contribution in [0.2, 0.25) is 0 Å². The van der Waals surface area contributed by atoms with Gasteiger partial charge in [-0.3, -0.25) is 10.1 Å². The molecule has 8 heteroatoms. The molecule has 7 aromatic rings. The van der Waals surface area contributed by atoms with Gasteiger partial charge in [-0.25, -0.2) is 9.37 Å². The van der Waals surface area contributed by atoms with Crippen LogP contribution in [0, 0.1) is 5.82 Å². The second-order valence-corrected chi connectivity index (χ2v) is 9.71. The largest absolute Gasteiger partial charge is 0.497 e. The maximum absolute atomic E-state index is 14.3. The predicted octanol–water partition coefficient (Wildman–Crippen LogP) is 7.56. The zero-order chi connectivity index (χ0) is 27.8. The van der Waals surface area contributed by atoms with E-state index in [9.17, 15) is 4.39 Å². The van der Waals surface area contributed by atoms with Gasteiger partial charge in [-0.1, -0.05) is 42.5 Å². The van der Waals surface area contributed by atoms with Crippen LogP contribution in [-0.2, 0) is 6.61 Å². The molecule has 41 heavy (non-hydrogen) atoms. The van der Waals surface area contributed by atoms with Crippen molar-refractivity contribution in [2.75, 3.05) is 7.11 Å². The molecule has 3 aromatic carbocycles. The van der Waals surface area contributed by atoms with Crippen molar-refractivity contribution in [2.45, 2.75) is 6.61 Å². The minimum absolute atomic E-state index is 0.352. The molecule has 0 amide bonds. The van der Waals surface area contributed by atoms with Crippen LogP contribution in [0.25, 0.3) is 55.6 Å². The highest BCUT2D eigenvalue weighted by Gasteiger charge is 2.16. The van der Waals surface area contributed by atoms with Gasteiger partial charge in [-0.15, -0.1) is 0 Å². The van der Waals surface area contributed by atoms with Gasteiger partial charge in [-0.05, 0) is 53.1 Å². The van der Waals surface area contributed by atoms with Crippen molar-refractivity contribution in [2.24, 2.45) is 0 Å². The molecule has 7 rings (SSSR count). The lowest BCUT2D eigenvalue weighted by molar-refractivity contribution is 0.305. The van der Waals surface area contributed by atoms with Crippen molar-refractivity contribution in [3.8, 4) is 45.1 Å². The molecular weight excluding hydrogens is 517 g/mol. The van der Waals surface area contributed by atoms with E-state index in [1.54, 1.807) is 18.6 Å². The van der Waals surface area contributed by atoms with E-state index in [1.165, 1.54) is 19.2 Å². The van der Waals surface area contributed by atoms with Crippen molar-refractivity contribution < 1.29 is 13.9 Å². The number of rotatable bonds is 7. The number of aromatic nitrogens is 5. The molecule has 0 fully saturated rings. The highest BCUT2D eigenvalue weighted by Crippen LogP contribution is 2.36. The molecule has 0 atom stereocenters. The Labute approximate surface area is 234 Å². The second-order valence-electron chi connectivity index (χ2n) is 9.71. The molecule has 0 spiro atoms. The lowest BCUT2D eigenvalue weighted by atomic mass is 10.0. The summed E-state index contributed by atoms with van der Waals surface area (Å²) in [4.78, 5) is 12.5. The van der Waals surface area contributed by atoms with Crippen LogP contribution >= 0.6 is 0 Å². The summed E-state index contributed by atoms with van der Waals surface area (Å²) in [6, 6.07) is 26.7. The van der Waals surface area contributed by atoms with Crippen LogP contribution in [0.15, 0.2) is 104 Å². The molecule has 0 radical (unpaired) electrons. The number of aromatic amines is 2. The third-order valence-electron chi connectivity index (χ3n) is 7.06. The smallest absolute Gasteiger partial charge is 0.181 e. The molecule has 4 aromatic heterocycles. The van der Waals surface area contributed by atoms with E-state index >= 15 is 0 Å². The van der Waals surface area contributed by atoms with Gasteiger partial charge in [0, 0.05) is 45.9 Å². The highest BCUT2D eigenvalue weighted by molar-refractivity contribution is 6.01. The number of hydrogen-bond donors (Lipinski definition) is 2. The Hall–Kier alpha value is -5.50. The summed E-state index contributed by atoms with van der Waals surface area (Å²) in [5.74, 6) is 0.792. The summed E-state index contributed by atoms with van der Waals surface area (Å²) in [7, 11) is 1.53. The third-order valence-corrected chi connectivity index (χ3v) is 7.06. The number of nitrogens with one attached hydrogen (secondary N) is 2. The van der Waals surface area contributed by atoms with Gasteiger partial charge in [0.15, 0.2) is 5.65 Å². The third kappa shape index (κ3) is 4.76. The molecule has 0 aliphatic carbocycles. The van der Waals surface area contributed by atoms with E-state index in [4.69, 9.17) is 9.47 Å². The summed E-state index contributed by atoms with van der Waals surface area (Å²) in [5, 5.41) is 9.39. The van der Waals surface area contributed by atoms with E-state index in [2.05, 4.69) is 25.1 Å². The summed E-state index contributed by atoms with van der Waals surface area (Å²) in [6.45, 7) is 0.458. The van der Waals surface area contributed by atoms with Gasteiger partial charge < -0.3 is 14.5 Å². The Morgan fingerprint density at radius 2 is 1.63 bits per heavy atom. The standard InChI is InChI=1S/C33H24FN5O2/c1-40-25-11-21(10-24(34)14-25)27-8-5-9-30-28(27)15-31(37-30)32-29-13-23(17-36-33(29)39-38-32)22-12-26(18-35-16-22)41-19-20-6-3-2-4-7-20/h2-18,37H,19H2,1H3,(H,36,38,39). The number of nitrogens with zero attached hydrogens (tertiary/aromatic N) is 3. The molecule has 7 nitrogen and oxygen atoms in total. The number of fused-ring (bicyclic) bond motifs is 2. The van der Waals surface area contributed by atoms with Gasteiger partial charge in [0.1, 0.15) is 23.9 Å². The van der Waals surface area contributed by atoms with Crippen LogP contribution in [0.4, 0.5) is 4.39 Å². The molecule has 0 unspecified atom stereocenters. The minimum atomic E-state index is -0.352. The summed E-state index contributed by atoms with van der Waals surface area (Å²) in [5.41, 5.74) is 7.65. The predicted molar refractivity (Wildman–Crippen MR) is 157 cm³/mol. The molecule has 0 aliphatic rings. The molecule has 2 N–H and O–H groups in total. The first-order valence-corrected chi connectivity index (χ1v) is 13.1. The van der Waals surface area contributed by atoms with Crippen molar-refractivity contribution in [1.29, 1.82) is 0 Å². The molecule has 0 bridgehead atoms. The van der Waals surface area contributed by atoms with Crippen LogP contribution < -0.4 is 9.47 Å². The highest BCUT2D eigenvalue weighted by atomic mass is 19.1. The maximum Gasteiger partial charge on any atom is 0.181 e. The average molecular weight is 542 g/mol. The lowest BCUT2D eigenvalue weighted by Gasteiger charge is -2.08. The molecule has 4 heterocycles. The summed E-state index contributed by atoms with van der Waals surface area (Å²) < 4.78 is 25.6. The molecule has 0 saturated carbocycles. The van der Waals surface area contributed by atoms with E-state index in [0.717, 1.165) is 55.5 Å². The van der Waals surface area contributed by atoms with Gasteiger partial charge in [0.2, 0.25) is 0 Å². The van der Waals surface area contributed by atoms with Gasteiger partial charge in [0.05, 0.1) is 24.7 Å². The first kappa shape index (κ1) is 24.5. The Morgan fingerprint density at radius 3 is 2.51 bits per heavy atom. The van der Waals surface area contributed by atoms with Crippen molar-refractivity contribution >= 4 is 21.9 Å². The van der Waals surface area contributed by atoms with Gasteiger partial charge in [0.25, 0.3) is 0 Å². The van der Waals surface area contributed by atoms with Crippen LogP contribution in [0.1, 0.15) is 5.56 Å². The van der Waals surface area contributed by atoms with Crippen LogP contribution in [0.5, 0.6) is 11.5 Å². The van der Waals surface area contributed by atoms with E-state index < -0.39 is 0 Å². The molecule has 0 aliphatic heterocycles. The number of H-pyrrole nitrogens is 2. The van der Waals surface area contributed by atoms with E-state index in [0.29, 0.717) is 23.8 Å². The molecule has 200 valence electrons.